The Kier molecular flexibility index (Phi) is 2.69. The maximum atomic E-state index is 12.4. The number of allylic oxidation sites excluding steroid dienone is 1. The zero-order chi connectivity index (χ0) is 12.6. The highest BCUT2D eigenvalue weighted by atomic mass is 19.4. The summed E-state index contributed by atoms with van der Waals surface area (Å²) in [6.07, 6.45) is -2.83. The smallest absolute Gasteiger partial charge is 0.416 e. The van der Waals surface area contributed by atoms with Gasteiger partial charge in [-0.25, -0.2) is 0 Å². The van der Waals surface area contributed by atoms with Crippen molar-refractivity contribution in [3.05, 3.63) is 41.0 Å². The Labute approximate surface area is 95.7 Å². The number of hydrogen-bond acceptors (Lipinski definition) is 2. The largest absolute Gasteiger partial charge is 0.488 e. The van der Waals surface area contributed by atoms with Crippen molar-refractivity contribution in [2.45, 2.75) is 13.1 Å². The molecule has 0 N–H and O–H groups in total. The number of halogens is 3. The average molecular weight is 242 g/mol. The van der Waals surface area contributed by atoms with Crippen molar-refractivity contribution in [2.24, 2.45) is 0 Å². The number of fused-ring (bicyclic) bond motifs is 1. The van der Waals surface area contributed by atoms with Gasteiger partial charge in [0.25, 0.3) is 0 Å². The lowest BCUT2D eigenvalue weighted by Gasteiger charge is -2.19. The van der Waals surface area contributed by atoms with E-state index in [9.17, 15) is 18.0 Å². The monoisotopic (exact) mass is 242 g/mol. The Morgan fingerprint density at radius 3 is 2.65 bits per heavy atom. The summed E-state index contributed by atoms with van der Waals surface area (Å²) in [6, 6.07) is 2.90. The van der Waals surface area contributed by atoms with Crippen molar-refractivity contribution in [1.82, 2.24) is 0 Å². The van der Waals surface area contributed by atoms with Gasteiger partial charge in [-0.15, -0.1) is 0 Å². The van der Waals surface area contributed by atoms with Crippen LogP contribution in [0, 0.1) is 0 Å². The number of carbonyl (C=O) groups excluding carboxylic acids is 1. The molecule has 1 aliphatic rings. The van der Waals surface area contributed by atoms with Gasteiger partial charge < -0.3 is 4.74 Å². The fourth-order valence-electron chi connectivity index (χ4n) is 1.61. The molecule has 1 aromatic rings. The van der Waals surface area contributed by atoms with Crippen LogP contribution in [0.5, 0.6) is 5.75 Å². The van der Waals surface area contributed by atoms with E-state index >= 15 is 0 Å². The van der Waals surface area contributed by atoms with Gasteiger partial charge in [-0.3, -0.25) is 4.79 Å². The maximum Gasteiger partial charge on any atom is 0.416 e. The van der Waals surface area contributed by atoms with Gasteiger partial charge in [-0.2, -0.15) is 13.2 Å². The molecule has 1 aliphatic heterocycles. The third-order valence-corrected chi connectivity index (χ3v) is 2.58. The molecule has 0 radical (unpaired) electrons. The summed E-state index contributed by atoms with van der Waals surface area (Å²) in [7, 11) is 0. The fourth-order valence-corrected chi connectivity index (χ4v) is 1.61. The van der Waals surface area contributed by atoms with E-state index in [0.29, 0.717) is 5.57 Å². The third-order valence-electron chi connectivity index (χ3n) is 2.58. The molecule has 0 bridgehead atoms. The summed E-state index contributed by atoms with van der Waals surface area (Å²) in [6.45, 7) is 1.70. The fraction of sp³-hybridized carbons (Fsp3) is 0.250. The molecular formula is C12H9F3O2. The van der Waals surface area contributed by atoms with Crippen molar-refractivity contribution in [3.8, 4) is 5.75 Å². The first kappa shape index (κ1) is 11.7. The highest BCUT2D eigenvalue weighted by molar-refractivity contribution is 6.11. The summed E-state index contributed by atoms with van der Waals surface area (Å²) in [4.78, 5) is 11.8. The Hall–Kier alpha value is -1.78. The molecule has 90 valence electrons. The molecule has 2 rings (SSSR count). The molecule has 5 heteroatoms. The van der Waals surface area contributed by atoms with Crippen LogP contribution in [0.25, 0.3) is 0 Å². The highest BCUT2D eigenvalue weighted by Crippen LogP contribution is 2.35. The molecule has 0 aromatic heterocycles. The van der Waals surface area contributed by atoms with E-state index in [1.807, 2.05) is 0 Å². The molecule has 1 aromatic carbocycles. The molecule has 0 atom stereocenters. The first-order valence-electron chi connectivity index (χ1n) is 4.97. The topological polar surface area (TPSA) is 26.3 Å². The molecule has 2 nitrogen and oxygen atoms in total. The van der Waals surface area contributed by atoms with Crippen LogP contribution >= 0.6 is 0 Å². The molecule has 0 spiro atoms. The molecule has 0 saturated carbocycles. The van der Waals surface area contributed by atoms with Gasteiger partial charge in [0.2, 0.25) is 0 Å². The number of benzene rings is 1. The lowest BCUT2D eigenvalue weighted by molar-refractivity contribution is -0.137. The quantitative estimate of drug-likeness (QED) is 0.653. The molecule has 0 aliphatic carbocycles. The highest BCUT2D eigenvalue weighted by Gasteiger charge is 2.33. The minimum atomic E-state index is -4.43. The Morgan fingerprint density at radius 1 is 1.35 bits per heavy atom. The zero-order valence-corrected chi connectivity index (χ0v) is 8.97. The van der Waals surface area contributed by atoms with Crippen LogP contribution in [0.3, 0.4) is 0 Å². The number of alkyl halides is 3. The summed E-state index contributed by atoms with van der Waals surface area (Å²) < 4.78 is 42.5. The van der Waals surface area contributed by atoms with Crippen molar-refractivity contribution in [3.63, 3.8) is 0 Å². The lowest BCUT2D eigenvalue weighted by Crippen LogP contribution is -2.19. The van der Waals surface area contributed by atoms with Crippen LogP contribution in [0.2, 0.25) is 0 Å². The Balaban J connectivity index is 2.47. The molecule has 17 heavy (non-hydrogen) atoms. The van der Waals surface area contributed by atoms with E-state index < -0.39 is 11.7 Å². The van der Waals surface area contributed by atoms with Crippen LogP contribution in [0.15, 0.2) is 29.8 Å². The second kappa shape index (κ2) is 3.91. The summed E-state index contributed by atoms with van der Waals surface area (Å²) >= 11 is 0. The van der Waals surface area contributed by atoms with Crippen molar-refractivity contribution >= 4 is 5.78 Å². The molecule has 0 unspecified atom stereocenters. The van der Waals surface area contributed by atoms with Crippen LogP contribution in [-0.2, 0) is 6.18 Å². The summed E-state index contributed by atoms with van der Waals surface area (Å²) in [5.74, 6) is -0.280. The van der Waals surface area contributed by atoms with E-state index in [1.54, 1.807) is 13.0 Å². The van der Waals surface area contributed by atoms with Gasteiger partial charge in [0.1, 0.15) is 12.4 Å². The minimum absolute atomic E-state index is 0.00424. The summed E-state index contributed by atoms with van der Waals surface area (Å²) in [5.41, 5.74) is -0.178. The Morgan fingerprint density at radius 2 is 2.06 bits per heavy atom. The van der Waals surface area contributed by atoms with Gasteiger partial charge in [0, 0.05) is 5.57 Å². The number of carbonyl (C=O) groups is 1. The minimum Gasteiger partial charge on any atom is -0.488 e. The standard InChI is InChI=1S/C12H9F3O2/c1-2-7-6-17-10-5-8(12(13,14)15)3-4-9(10)11(7)16/h2-5H,6H2,1H3/b7-2+. The van der Waals surface area contributed by atoms with Crippen molar-refractivity contribution < 1.29 is 22.7 Å². The first-order chi connectivity index (χ1) is 7.93. The maximum absolute atomic E-state index is 12.4. The number of hydrogen-bond donors (Lipinski definition) is 0. The number of ether oxygens (including phenoxy) is 1. The summed E-state index contributed by atoms with van der Waals surface area (Å²) in [5, 5.41) is 0. The van der Waals surface area contributed by atoms with Crippen molar-refractivity contribution in [1.29, 1.82) is 0 Å². The average Bonchev–Trinajstić information content (AvgIpc) is 2.28. The van der Waals surface area contributed by atoms with Crippen LogP contribution in [-0.4, -0.2) is 12.4 Å². The van der Waals surface area contributed by atoms with Crippen molar-refractivity contribution in [2.75, 3.05) is 6.61 Å². The first-order valence-corrected chi connectivity index (χ1v) is 4.97. The molecule has 0 fully saturated rings. The molecular weight excluding hydrogens is 233 g/mol. The van der Waals surface area contributed by atoms with Crippen LogP contribution in [0.1, 0.15) is 22.8 Å². The van der Waals surface area contributed by atoms with Gasteiger partial charge in [0.05, 0.1) is 11.1 Å². The molecule has 1 heterocycles. The van der Waals surface area contributed by atoms with Gasteiger partial charge in [-0.05, 0) is 25.1 Å². The van der Waals surface area contributed by atoms with E-state index in [0.717, 1.165) is 18.2 Å². The van der Waals surface area contributed by atoms with Crippen LogP contribution < -0.4 is 4.74 Å². The predicted octanol–water partition coefficient (Wildman–Crippen LogP) is 3.23. The van der Waals surface area contributed by atoms with Gasteiger partial charge in [-0.1, -0.05) is 6.08 Å². The van der Waals surface area contributed by atoms with Gasteiger partial charge in [0.15, 0.2) is 5.78 Å². The Bertz CT molecular complexity index is 501. The SMILES string of the molecule is C/C=C1\COc2cc(C(F)(F)F)ccc2C1=O. The number of Topliss-reactive ketones (excluding diaryl/α,β-unsaturated/α-hetero) is 1. The molecule has 0 amide bonds. The van der Waals surface area contributed by atoms with E-state index in [1.165, 1.54) is 0 Å². The number of ketones is 1. The van der Waals surface area contributed by atoms with Gasteiger partial charge >= 0.3 is 6.18 Å². The third kappa shape index (κ3) is 2.05. The van der Waals surface area contributed by atoms with E-state index in [4.69, 9.17) is 4.74 Å². The zero-order valence-electron chi connectivity index (χ0n) is 8.97. The normalized spacial score (nSPS) is 17.9. The van der Waals surface area contributed by atoms with Crippen LogP contribution in [0.4, 0.5) is 13.2 Å². The second-order valence-corrected chi connectivity index (χ2v) is 3.64. The second-order valence-electron chi connectivity index (χ2n) is 3.64. The lowest BCUT2D eigenvalue weighted by atomic mass is 9.98. The van der Waals surface area contributed by atoms with E-state index in [-0.39, 0.29) is 23.7 Å². The predicted molar refractivity (Wildman–Crippen MR) is 55.0 cm³/mol. The number of rotatable bonds is 0. The van der Waals surface area contributed by atoms with E-state index in [2.05, 4.69) is 0 Å². The molecule has 0 saturated heterocycles.